The van der Waals surface area contributed by atoms with E-state index in [9.17, 15) is 4.79 Å². The molecule has 1 radical (unpaired) electrons. The molecule has 23 heavy (non-hydrogen) atoms. The van der Waals surface area contributed by atoms with Crippen molar-refractivity contribution in [3.05, 3.63) is 11.6 Å². The largest absolute Gasteiger partial charge is 0.478 e. The van der Waals surface area contributed by atoms with Crippen molar-refractivity contribution >= 4 is 5.97 Å². The van der Waals surface area contributed by atoms with Gasteiger partial charge in [-0.3, -0.25) is 0 Å². The molecule has 0 spiro atoms. The minimum Gasteiger partial charge on any atom is -0.478 e. The molecule has 0 aromatic heterocycles. The molecule has 0 aliphatic heterocycles. The molecule has 2 nitrogen and oxygen atoms in total. The van der Waals surface area contributed by atoms with Crippen LogP contribution in [0, 0.1) is 17.8 Å². The van der Waals surface area contributed by atoms with Crippen molar-refractivity contribution in [2.24, 2.45) is 17.8 Å². The first-order chi connectivity index (χ1) is 10.3. The zero-order valence-electron chi connectivity index (χ0n) is 16.0. The average Bonchev–Trinajstić information content (AvgIpc) is 2.37. The Bertz CT molecular complexity index is 324. The Morgan fingerprint density at radius 3 is 1.74 bits per heavy atom. The third-order valence-corrected chi connectivity index (χ3v) is 4.51. The summed E-state index contributed by atoms with van der Waals surface area (Å²) in [7, 11) is 0. The molecule has 0 amide bonds. The topological polar surface area (TPSA) is 37.3 Å². The second kappa shape index (κ2) is 15.3. The summed E-state index contributed by atoms with van der Waals surface area (Å²) in [5.74, 6) is 1.65. The van der Waals surface area contributed by atoms with Crippen molar-refractivity contribution in [2.45, 2.75) is 92.4 Å². The van der Waals surface area contributed by atoms with E-state index in [-0.39, 0.29) is 18.6 Å². The van der Waals surface area contributed by atoms with Gasteiger partial charge in [0.15, 0.2) is 0 Å². The van der Waals surface area contributed by atoms with Crippen molar-refractivity contribution in [1.82, 2.24) is 0 Å². The van der Waals surface area contributed by atoms with Gasteiger partial charge in [-0.1, -0.05) is 78.2 Å². The molecule has 0 unspecified atom stereocenters. The van der Waals surface area contributed by atoms with Crippen LogP contribution in [0.15, 0.2) is 11.6 Å². The van der Waals surface area contributed by atoms with Crippen LogP contribution in [-0.2, 0) is 23.4 Å². The molecule has 0 aliphatic carbocycles. The van der Waals surface area contributed by atoms with Crippen molar-refractivity contribution in [1.29, 1.82) is 0 Å². The third-order valence-electron chi connectivity index (χ3n) is 4.51. The molecule has 135 valence electrons. The summed E-state index contributed by atoms with van der Waals surface area (Å²) in [6.45, 7) is 11.3. The molecule has 0 bridgehead atoms. The summed E-state index contributed by atoms with van der Waals surface area (Å²) in [6.07, 6.45) is 12.7. The van der Waals surface area contributed by atoms with E-state index in [1.165, 1.54) is 51.0 Å². The van der Waals surface area contributed by atoms with Crippen LogP contribution in [0.2, 0.25) is 0 Å². The maximum atomic E-state index is 10.5. The first-order valence-electron chi connectivity index (χ1n) is 9.21. The fourth-order valence-electron chi connectivity index (χ4n) is 2.99. The van der Waals surface area contributed by atoms with Gasteiger partial charge in [0.1, 0.15) is 0 Å². The molecule has 0 saturated carbocycles. The van der Waals surface area contributed by atoms with E-state index in [0.29, 0.717) is 0 Å². The van der Waals surface area contributed by atoms with E-state index in [0.717, 1.165) is 36.2 Å². The number of carbonyl (C=O) groups is 1. The van der Waals surface area contributed by atoms with Gasteiger partial charge in [-0.05, 0) is 37.5 Å². The van der Waals surface area contributed by atoms with Crippen molar-refractivity contribution in [3.63, 3.8) is 0 Å². The number of rotatable bonds is 13. The second-order valence-corrected chi connectivity index (χ2v) is 7.69. The Labute approximate surface area is 156 Å². The van der Waals surface area contributed by atoms with E-state index in [4.69, 9.17) is 5.11 Å². The fraction of sp³-hybridized carbons (Fsp3) is 0.850. The number of allylic oxidation sites excluding steroid dienone is 1. The van der Waals surface area contributed by atoms with E-state index in [2.05, 4.69) is 27.7 Å². The minimum absolute atomic E-state index is 0. The van der Waals surface area contributed by atoms with E-state index in [1.807, 2.05) is 6.92 Å². The Morgan fingerprint density at radius 2 is 1.30 bits per heavy atom. The number of carboxylic acids is 1. The van der Waals surface area contributed by atoms with Gasteiger partial charge in [-0.25, -0.2) is 4.79 Å². The molecule has 0 aromatic carbocycles. The Balaban J connectivity index is 0. The second-order valence-electron chi connectivity index (χ2n) is 7.69. The Kier molecular flexibility index (Phi) is 16.7. The summed E-state index contributed by atoms with van der Waals surface area (Å²) in [5.41, 5.74) is 0.985. The summed E-state index contributed by atoms with van der Waals surface area (Å²) in [6, 6.07) is 0. The smallest absolute Gasteiger partial charge is 0.328 e. The maximum absolute atomic E-state index is 10.5. The minimum atomic E-state index is -0.822. The summed E-state index contributed by atoms with van der Waals surface area (Å²) >= 11 is 0. The first kappa shape index (κ1) is 25.0. The van der Waals surface area contributed by atoms with Crippen LogP contribution in [0.1, 0.15) is 92.4 Å². The molecule has 0 aromatic rings. The Hall–Kier alpha value is -0.206. The van der Waals surface area contributed by atoms with Crippen molar-refractivity contribution in [3.8, 4) is 0 Å². The van der Waals surface area contributed by atoms with Crippen LogP contribution < -0.4 is 0 Å². The van der Waals surface area contributed by atoms with Gasteiger partial charge >= 0.3 is 5.97 Å². The molecular weight excluding hydrogens is 323 g/mol. The van der Waals surface area contributed by atoms with E-state index >= 15 is 0 Å². The number of aliphatic carboxylic acids is 1. The monoisotopic (exact) mass is 361 g/mol. The zero-order chi connectivity index (χ0) is 17.0. The molecular formula is C20H38O2V. The van der Waals surface area contributed by atoms with Gasteiger partial charge in [-0.15, -0.1) is 0 Å². The van der Waals surface area contributed by atoms with Crippen LogP contribution in [0.3, 0.4) is 0 Å². The third kappa shape index (κ3) is 18.0. The molecule has 2 atom stereocenters. The van der Waals surface area contributed by atoms with Crippen LogP contribution >= 0.6 is 0 Å². The van der Waals surface area contributed by atoms with Crippen LogP contribution in [0.5, 0.6) is 0 Å². The summed E-state index contributed by atoms with van der Waals surface area (Å²) in [4.78, 5) is 10.5. The van der Waals surface area contributed by atoms with Gasteiger partial charge in [0, 0.05) is 24.6 Å². The predicted molar refractivity (Wildman–Crippen MR) is 96.1 cm³/mol. The van der Waals surface area contributed by atoms with Gasteiger partial charge in [0.05, 0.1) is 0 Å². The molecule has 0 aliphatic rings. The van der Waals surface area contributed by atoms with Gasteiger partial charge in [0.2, 0.25) is 0 Å². The quantitative estimate of drug-likeness (QED) is 0.383. The zero-order valence-corrected chi connectivity index (χ0v) is 17.4. The molecule has 0 rings (SSSR count). The predicted octanol–water partition coefficient (Wildman–Crippen LogP) is 6.45. The van der Waals surface area contributed by atoms with Gasteiger partial charge < -0.3 is 5.11 Å². The fourth-order valence-corrected chi connectivity index (χ4v) is 2.99. The van der Waals surface area contributed by atoms with Crippen LogP contribution in [-0.4, -0.2) is 11.1 Å². The van der Waals surface area contributed by atoms with E-state index in [1.54, 1.807) is 0 Å². The molecule has 0 fully saturated rings. The van der Waals surface area contributed by atoms with Gasteiger partial charge in [0.25, 0.3) is 0 Å². The normalized spacial score (nSPS) is 14.4. The number of hydrogen-bond donors (Lipinski definition) is 1. The van der Waals surface area contributed by atoms with Crippen LogP contribution in [0.25, 0.3) is 0 Å². The molecule has 1 N–H and O–H groups in total. The Morgan fingerprint density at radius 1 is 0.870 bits per heavy atom. The maximum Gasteiger partial charge on any atom is 0.328 e. The summed E-state index contributed by atoms with van der Waals surface area (Å²) in [5, 5.41) is 8.68. The first-order valence-corrected chi connectivity index (χ1v) is 9.21. The number of carboxylic acid groups (broad SMARTS) is 1. The van der Waals surface area contributed by atoms with E-state index < -0.39 is 5.97 Å². The van der Waals surface area contributed by atoms with Crippen LogP contribution in [0.4, 0.5) is 0 Å². The average molecular weight is 361 g/mol. The SMILES string of the molecule is C/C(=C\C(=O)O)CCC[C@H](C)CCC[C@H](C)CCCC(C)C.[V]. The van der Waals surface area contributed by atoms with Gasteiger partial charge in [-0.2, -0.15) is 0 Å². The molecule has 3 heteroatoms. The molecule has 0 saturated heterocycles. The number of hydrogen-bond acceptors (Lipinski definition) is 1. The van der Waals surface area contributed by atoms with Crippen molar-refractivity contribution < 1.29 is 28.5 Å². The standard InChI is InChI=1S/C20H38O2.V/c1-16(2)9-6-10-17(3)11-7-12-18(4)13-8-14-19(5)15-20(21)22;/h15-18H,6-14H2,1-5H3,(H,21,22);/b19-15+;/t17-,18-;/m1./s1. The van der Waals surface area contributed by atoms with Crippen molar-refractivity contribution in [2.75, 3.05) is 0 Å². The molecule has 0 heterocycles. The summed E-state index contributed by atoms with van der Waals surface area (Å²) < 4.78 is 0.